The van der Waals surface area contributed by atoms with Crippen molar-refractivity contribution in [2.24, 2.45) is 0 Å². The van der Waals surface area contributed by atoms with Gasteiger partial charge in [0.05, 0.1) is 12.8 Å². The Morgan fingerprint density at radius 3 is 2.68 bits per heavy atom. The summed E-state index contributed by atoms with van der Waals surface area (Å²) < 4.78 is 21.4. The third kappa shape index (κ3) is 3.28. The van der Waals surface area contributed by atoms with Crippen molar-refractivity contribution in [3.63, 3.8) is 0 Å². The van der Waals surface area contributed by atoms with E-state index in [1.807, 2.05) is 0 Å². The van der Waals surface area contributed by atoms with Gasteiger partial charge in [-0.1, -0.05) is 0 Å². The van der Waals surface area contributed by atoms with E-state index in [2.05, 4.69) is 9.51 Å². The van der Waals surface area contributed by atoms with E-state index in [1.165, 1.54) is 0 Å². The third-order valence-corrected chi connectivity index (χ3v) is 3.50. The van der Waals surface area contributed by atoms with Crippen molar-refractivity contribution in [2.75, 3.05) is 12.3 Å². The molecular weight excluding hydrogens is 325 g/mol. The van der Waals surface area contributed by atoms with E-state index in [-0.39, 0.29) is 0 Å². The monoisotopic (exact) mass is 339 g/mol. The molecule has 0 aliphatic carbocycles. The molecule has 0 unspecified atom stereocenters. The number of aromatic nitrogens is 2. The van der Waals surface area contributed by atoms with E-state index in [0.29, 0.717) is 0 Å². The highest BCUT2D eigenvalue weighted by atomic mass is 31.2. The number of nitrogens with two attached hydrogens (primary N) is 1. The van der Waals surface area contributed by atoms with Crippen LogP contribution in [0.2, 0.25) is 0 Å². The van der Waals surface area contributed by atoms with Gasteiger partial charge in [-0.2, -0.15) is 4.98 Å². The summed E-state index contributed by atoms with van der Waals surface area (Å²) in [5.74, 6) is -1.19. The first-order chi connectivity index (χ1) is 10.1. The number of aliphatic hydroxyl groups is 2. The number of nitrogen functional groups attached to an aromatic ring is 1. The first kappa shape index (κ1) is 16.8. The molecule has 4 atom stereocenters. The third-order valence-electron chi connectivity index (χ3n) is 2.98. The number of phosphoric ester groups is 1. The fourth-order valence-electron chi connectivity index (χ4n) is 2.06. The van der Waals surface area contributed by atoms with Crippen LogP contribution in [0, 0.1) is 0 Å². The summed E-state index contributed by atoms with van der Waals surface area (Å²) >= 11 is 0. The lowest BCUT2D eigenvalue weighted by Crippen LogP contribution is -2.35. The van der Waals surface area contributed by atoms with Crippen LogP contribution in [0.3, 0.4) is 0 Å². The zero-order valence-electron chi connectivity index (χ0n) is 10.9. The predicted molar refractivity (Wildman–Crippen MR) is 68.5 cm³/mol. The molecule has 13 heteroatoms. The minimum atomic E-state index is -4.96. The van der Waals surface area contributed by atoms with Crippen molar-refractivity contribution in [2.45, 2.75) is 24.5 Å². The molecule has 1 aliphatic heterocycles. The molecule has 7 N–H and O–H groups in total. The minimum absolute atomic E-state index is 0.416. The highest BCUT2D eigenvalue weighted by Crippen LogP contribution is 2.44. The molecule has 1 aliphatic rings. The van der Waals surface area contributed by atoms with Crippen LogP contribution in [0.25, 0.3) is 0 Å². The van der Waals surface area contributed by atoms with Crippen LogP contribution in [0.4, 0.5) is 5.95 Å². The Kier molecular flexibility index (Phi) is 4.54. The Morgan fingerprint density at radius 1 is 1.50 bits per heavy atom. The first-order valence-electron chi connectivity index (χ1n) is 5.90. The average molecular weight is 339 g/mol. The summed E-state index contributed by atoms with van der Waals surface area (Å²) in [4.78, 5) is 32.1. The number of rotatable bonds is 4. The maximum absolute atomic E-state index is 11.1. The molecule has 0 spiro atoms. The van der Waals surface area contributed by atoms with Gasteiger partial charge in [0.25, 0.3) is 0 Å². The summed E-state index contributed by atoms with van der Waals surface area (Å²) in [6.07, 6.45) is -5.03. The zero-order valence-corrected chi connectivity index (χ0v) is 11.8. The summed E-state index contributed by atoms with van der Waals surface area (Å²) in [6, 6.07) is 0. The Labute approximate surface area is 122 Å². The lowest BCUT2D eigenvalue weighted by Gasteiger charge is -2.21. The number of anilines is 1. The second kappa shape index (κ2) is 5.93. The predicted octanol–water partition coefficient (Wildman–Crippen LogP) is -2.74. The van der Waals surface area contributed by atoms with Crippen molar-refractivity contribution in [3.05, 3.63) is 16.6 Å². The maximum atomic E-state index is 11.1. The number of phosphoric acid groups is 1. The van der Waals surface area contributed by atoms with Crippen LogP contribution in [-0.4, -0.2) is 59.6 Å². The van der Waals surface area contributed by atoms with Crippen LogP contribution in [0.15, 0.2) is 11.0 Å². The molecule has 0 amide bonds. The number of hydrogen-bond donors (Lipinski definition) is 6. The quantitative estimate of drug-likeness (QED) is 0.311. The highest BCUT2D eigenvalue weighted by Gasteiger charge is 2.48. The van der Waals surface area contributed by atoms with Gasteiger partial charge in [-0.15, -0.1) is 0 Å². The van der Waals surface area contributed by atoms with Gasteiger partial charge in [0.15, 0.2) is 12.0 Å². The van der Waals surface area contributed by atoms with Gasteiger partial charge in [0.2, 0.25) is 5.95 Å². The molecule has 1 fully saturated rings. The van der Waals surface area contributed by atoms with Gasteiger partial charge >= 0.3 is 13.4 Å². The molecule has 22 heavy (non-hydrogen) atoms. The van der Waals surface area contributed by atoms with Crippen molar-refractivity contribution in [1.82, 2.24) is 9.55 Å². The van der Waals surface area contributed by atoms with Gasteiger partial charge in [-0.25, -0.2) is 4.57 Å². The molecule has 0 radical (unpaired) electrons. The number of nitrogens with zero attached hydrogens (tertiary/aromatic N) is 2. The molecule has 1 aromatic rings. The van der Waals surface area contributed by atoms with Crippen molar-refractivity contribution < 1.29 is 38.9 Å². The van der Waals surface area contributed by atoms with Crippen LogP contribution < -0.4 is 11.3 Å². The van der Waals surface area contributed by atoms with E-state index < -0.39 is 56.2 Å². The normalized spacial score (nSPS) is 28.9. The average Bonchev–Trinajstić information content (AvgIpc) is 2.69. The molecule has 2 heterocycles. The molecule has 0 saturated carbocycles. The van der Waals surface area contributed by atoms with Crippen molar-refractivity contribution in [1.29, 1.82) is 0 Å². The lowest BCUT2D eigenvalue weighted by molar-refractivity contribution is -0.0523. The van der Waals surface area contributed by atoms with E-state index in [4.69, 9.17) is 25.4 Å². The molecule has 0 bridgehead atoms. The Hall–Kier alpha value is -1.53. The maximum Gasteiger partial charge on any atom is 0.470 e. The lowest BCUT2D eigenvalue weighted by atomic mass is 10.1. The fourth-order valence-corrected chi connectivity index (χ4v) is 2.64. The second-order valence-corrected chi connectivity index (χ2v) is 5.69. The fraction of sp³-hybridized carbons (Fsp3) is 0.556. The Bertz CT molecular complexity index is 658. The van der Waals surface area contributed by atoms with Crippen LogP contribution in [0.1, 0.15) is 6.23 Å². The number of aromatic hydroxyl groups is 1. The molecular formula is C9H14N3O9P. The van der Waals surface area contributed by atoms with Gasteiger partial charge < -0.3 is 35.6 Å². The van der Waals surface area contributed by atoms with Crippen LogP contribution in [-0.2, 0) is 13.8 Å². The van der Waals surface area contributed by atoms with E-state index in [9.17, 15) is 19.6 Å². The number of ether oxygens (including phenoxy) is 1. The summed E-state index contributed by atoms with van der Waals surface area (Å²) in [5, 5.41) is 28.6. The Morgan fingerprint density at radius 2 is 2.14 bits per heavy atom. The van der Waals surface area contributed by atoms with Gasteiger partial charge in [-0.3, -0.25) is 13.9 Å². The molecule has 12 nitrogen and oxygen atoms in total. The van der Waals surface area contributed by atoms with E-state index in [1.54, 1.807) is 0 Å². The summed E-state index contributed by atoms with van der Waals surface area (Å²) in [6.45, 7) is -0.711. The minimum Gasteiger partial charge on any atom is -0.502 e. The SMILES string of the molecule is Nc1nc(=O)c(O)cn1[C@@H]1O[C@H](CO)[C@@H](OP(=O)(O)O)[C@H]1O. The molecule has 2 rings (SSSR count). The molecule has 1 aromatic heterocycles. The highest BCUT2D eigenvalue weighted by molar-refractivity contribution is 7.46. The molecule has 1 saturated heterocycles. The summed E-state index contributed by atoms with van der Waals surface area (Å²) in [7, 11) is -4.96. The van der Waals surface area contributed by atoms with Gasteiger partial charge in [-0.05, 0) is 0 Å². The van der Waals surface area contributed by atoms with Gasteiger partial charge in [0.1, 0.15) is 18.3 Å². The number of hydrogen-bond acceptors (Lipinski definition) is 9. The number of aliphatic hydroxyl groups excluding tert-OH is 2. The largest absolute Gasteiger partial charge is 0.502 e. The second-order valence-electron chi connectivity index (χ2n) is 4.50. The first-order valence-corrected chi connectivity index (χ1v) is 7.43. The smallest absolute Gasteiger partial charge is 0.470 e. The van der Waals surface area contributed by atoms with Gasteiger partial charge in [0, 0.05) is 0 Å². The molecule has 124 valence electrons. The van der Waals surface area contributed by atoms with Crippen LogP contribution >= 0.6 is 7.82 Å². The topological polar surface area (TPSA) is 198 Å². The summed E-state index contributed by atoms with van der Waals surface area (Å²) in [5.41, 5.74) is 4.49. The van der Waals surface area contributed by atoms with Crippen LogP contribution in [0.5, 0.6) is 5.75 Å². The Balaban J connectivity index is 2.36. The van der Waals surface area contributed by atoms with E-state index >= 15 is 0 Å². The van der Waals surface area contributed by atoms with Crippen molar-refractivity contribution >= 4 is 13.8 Å². The molecule has 0 aromatic carbocycles. The van der Waals surface area contributed by atoms with E-state index in [0.717, 1.165) is 10.8 Å². The zero-order chi connectivity index (χ0) is 16.7. The standard InChI is InChI=1S/C9H14N3O9P/c10-9-11-7(16)3(14)1-12(9)8-5(15)6(4(2-13)20-8)21-22(17,18)19/h1,4-6,8,13-15H,2H2,(H2,10,11,16)(H2,17,18,19)/t4-,5-,6-,8-/m1/s1. The van der Waals surface area contributed by atoms with Crippen molar-refractivity contribution in [3.8, 4) is 5.75 Å².